The molecule has 1 aromatic heterocycles. The predicted octanol–water partition coefficient (Wildman–Crippen LogP) is 1.64. The van der Waals surface area contributed by atoms with Crippen molar-refractivity contribution < 1.29 is 9.59 Å². The van der Waals surface area contributed by atoms with Crippen LogP contribution in [-0.2, 0) is 17.9 Å². The molecule has 0 spiro atoms. The average Bonchev–Trinajstić information content (AvgIpc) is 2.78. The van der Waals surface area contributed by atoms with Gasteiger partial charge in [0, 0.05) is 20.1 Å². The van der Waals surface area contributed by atoms with Gasteiger partial charge in [0.1, 0.15) is 11.9 Å². The van der Waals surface area contributed by atoms with Crippen LogP contribution >= 0.6 is 0 Å². The molecule has 0 unspecified atom stereocenters. The van der Waals surface area contributed by atoms with Crippen molar-refractivity contribution in [3.05, 3.63) is 23.8 Å². The summed E-state index contributed by atoms with van der Waals surface area (Å²) in [6.07, 6.45) is 0.990. The van der Waals surface area contributed by atoms with E-state index in [2.05, 4.69) is 31.7 Å². The number of rotatable bonds is 4. The number of amides is 2. The number of carbonyl (C=O) groups is 2. The van der Waals surface area contributed by atoms with Crippen LogP contribution in [0.15, 0.2) is 6.58 Å². The Morgan fingerprint density at radius 3 is 2.46 bits per heavy atom. The minimum Gasteiger partial charge on any atom is -0.357 e. The average molecular weight is 361 g/mol. The molecule has 2 N–H and O–H groups in total. The van der Waals surface area contributed by atoms with Gasteiger partial charge in [-0.3, -0.25) is 9.59 Å². The van der Waals surface area contributed by atoms with Crippen LogP contribution in [0.1, 0.15) is 56.1 Å². The summed E-state index contributed by atoms with van der Waals surface area (Å²) in [5, 5.41) is 5.52. The van der Waals surface area contributed by atoms with Gasteiger partial charge < -0.3 is 20.1 Å². The van der Waals surface area contributed by atoms with Gasteiger partial charge in [-0.25, -0.2) is 4.98 Å². The fraction of sp³-hybridized carbons (Fsp3) is 0.632. The lowest BCUT2D eigenvalue weighted by Crippen LogP contribution is -2.53. The van der Waals surface area contributed by atoms with Crippen LogP contribution in [0.4, 0.5) is 0 Å². The molecular formula is C19H31N5O2. The lowest BCUT2D eigenvalue weighted by atomic mass is 9.86. The number of aromatic nitrogens is 2. The highest BCUT2D eigenvalue weighted by atomic mass is 16.2. The second kappa shape index (κ2) is 7.61. The number of carbonyl (C=O) groups excluding carboxylic acids is 2. The van der Waals surface area contributed by atoms with Gasteiger partial charge in [0.25, 0.3) is 5.91 Å². The van der Waals surface area contributed by atoms with Crippen LogP contribution in [0, 0.1) is 5.41 Å². The summed E-state index contributed by atoms with van der Waals surface area (Å²) in [5.74, 6) is 0.209. The van der Waals surface area contributed by atoms with Crippen molar-refractivity contribution >= 4 is 17.4 Å². The van der Waals surface area contributed by atoms with Crippen molar-refractivity contribution in [2.45, 2.75) is 53.2 Å². The molecule has 0 saturated heterocycles. The van der Waals surface area contributed by atoms with E-state index in [0.717, 1.165) is 36.6 Å². The van der Waals surface area contributed by atoms with Crippen LogP contribution in [0.3, 0.4) is 0 Å². The zero-order valence-electron chi connectivity index (χ0n) is 16.8. The first-order chi connectivity index (χ1) is 12.1. The first-order valence-corrected chi connectivity index (χ1v) is 9.02. The first kappa shape index (κ1) is 20.2. The topological polar surface area (TPSA) is 79.3 Å². The van der Waals surface area contributed by atoms with Crippen molar-refractivity contribution in [2.75, 3.05) is 20.6 Å². The maximum Gasteiger partial charge on any atom is 0.272 e. The van der Waals surface area contributed by atoms with Crippen molar-refractivity contribution in [2.24, 2.45) is 5.41 Å². The number of nitrogens with zero attached hydrogens (tertiary/aromatic N) is 3. The smallest absolute Gasteiger partial charge is 0.272 e. The van der Waals surface area contributed by atoms with Gasteiger partial charge in [0.2, 0.25) is 5.91 Å². The second-order valence-corrected chi connectivity index (χ2v) is 8.14. The predicted molar refractivity (Wildman–Crippen MR) is 103 cm³/mol. The summed E-state index contributed by atoms with van der Waals surface area (Å²) in [5.41, 5.74) is 1.67. The number of hydrogen-bond acceptors (Lipinski definition) is 4. The maximum atomic E-state index is 13.0. The van der Waals surface area contributed by atoms with Crippen LogP contribution in [0.5, 0.6) is 0 Å². The second-order valence-electron chi connectivity index (χ2n) is 8.14. The normalized spacial score (nSPS) is 16.4. The molecule has 0 bridgehead atoms. The molecule has 1 aromatic rings. The van der Waals surface area contributed by atoms with E-state index in [0.29, 0.717) is 12.2 Å². The highest BCUT2D eigenvalue weighted by Crippen LogP contribution is 2.24. The highest BCUT2D eigenvalue weighted by Gasteiger charge is 2.34. The van der Waals surface area contributed by atoms with Gasteiger partial charge in [-0.2, -0.15) is 0 Å². The summed E-state index contributed by atoms with van der Waals surface area (Å²) in [6, 6.07) is -0.644. The van der Waals surface area contributed by atoms with Crippen LogP contribution in [0.2, 0.25) is 0 Å². The Balaban J connectivity index is 2.42. The zero-order valence-corrected chi connectivity index (χ0v) is 16.8. The van der Waals surface area contributed by atoms with E-state index >= 15 is 0 Å². The molecule has 0 aliphatic carbocycles. The van der Waals surface area contributed by atoms with Gasteiger partial charge in [-0.1, -0.05) is 27.4 Å². The SMILES string of the molecule is C=C(C)c1nc(C(=O)N[C@H](C(=O)NC)C(C)(C)C)c2n1CCCN(C)C2. The van der Waals surface area contributed by atoms with E-state index in [1.165, 1.54) is 0 Å². The standard InChI is InChI=1S/C19H31N5O2/c1-12(2)16-21-14(13-11-23(7)9-8-10-24(13)16)17(25)22-15(18(26)20-6)19(3,4)5/h15H,1,8-11H2,2-7H3,(H,20,26)(H,22,25)/t15-/m1/s1. The van der Waals surface area contributed by atoms with Crippen LogP contribution < -0.4 is 10.6 Å². The van der Waals surface area contributed by atoms with Gasteiger partial charge in [0.15, 0.2) is 5.69 Å². The summed E-state index contributed by atoms with van der Waals surface area (Å²) >= 11 is 0. The van der Waals surface area contributed by atoms with Crippen molar-refractivity contribution in [3.8, 4) is 0 Å². The quantitative estimate of drug-likeness (QED) is 0.854. The third kappa shape index (κ3) is 4.15. The molecule has 0 radical (unpaired) electrons. The lowest BCUT2D eigenvalue weighted by Gasteiger charge is -2.29. The number of imidazole rings is 1. The van der Waals surface area contributed by atoms with Gasteiger partial charge in [0.05, 0.1) is 5.69 Å². The van der Waals surface area contributed by atoms with E-state index in [1.54, 1.807) is 7.05 Å². The summed E-state index contributed by atoms with van der Waals surface area (Å²) in [6.45, 7) is 14.1. The molecule has 1 aliphatic rings. The summed E-state index contributed by atoms with van der Waals surface area (Å²) in [4.78, 5) is 32.1. The number of hydrogen-bond donors (Lipinski definition) is 2. The molecule has 2 heterocycles. The molecule has 0 fully saturated rings. The molecule has 0 aromatic carbocycles. The van der Waals surface area contributed by atoms with Crippen molar-refractivity contribution in [1.29, 1.82) is 0 Å². The fourth-order valence-electron chi connectivity index (χ4n) is 3.25. The van der Waals surface area contributed by atoms with E-state index in [-0.39, 0.29) is 11.8 Å². The third-order valence-electron chi connectivity index (χ3n) is 4.66. The summed E-state index contributed by atoms with van der Waals surface area (Å²) < 4.78 is 2.09. The maximum absolute atomic E-state index is 13.0. The Morgan fingerprint density at radius 1 is 1.27 bits per heavy atom. The van der Waals surface area contributed by atoms with Crippen LogP contribution in [-0.4, -0.2) is 52.9 Å². The van der Waals surface area contributed by atoms with E-state index < -0.39 is 11.5 Å². The first-order valence-electron chi connectivity index (χ1n) is 9.02. The molecule has 7 heteroatoms. The minimum atomic E-state index is -0.644. The monoisotopic (exact) mass is 361 g/mol. The molecule has 1 aliphatic heterocycles. The molecule has 26 heavy (non-hydrogen) atoms. The largest absolute Gasteiger partial charge is 0.357 e. The van der Waals surface area contributed by atoms with E-state index in [1.807, 2.05) is 34.7 Å². The van der Waals surface area contributed by atoms with Gasteiger partial charge >= 0.3 is 0 Å². The molecule has 144 valence electrons. The van der Waals surface area contributed by atoms with Gasteiger partial charge in [-0.15, -0.1) is 0 Å². The number of fused-ring (bicyclic) bond motifs is 1. The fourth-order valence-corrected chi connectivity index (χ4v) is 3.25. The van der Waals surface area contributed by atoms with E-state index in [9.17, 15) is 9.59 Å². The van der Waals surface area contributed by atoms with Crippen molar-refractivity contribution in [3.63, 3.8) is 0 Å². The number of likely N-dealkylation sites (N-methyl/N-ethyl adjacent to an activating group) is 1. The molecule has 1 atom stereocenters. The Morgan fingerprint density at radius 2 is 1.92 bits per heavy atom. The zero-order chi connectivity index (χ0) is 19.6. The van der Waals surface area contributed by atoms with Crippen molar-refractivity contribution in [1.82, 2.24) is 25.1 Å². The Labute approximate surface area is 155 Å². The Hall–Kier alpha value is -2.15. The highest BCUT2D eigenvalue weighted by molar-refractivity contribution is 5.97. The Bertz CT molecular complexity index is 714. The van der Waals surface area contributed by atoms with Gasteiger partial charge in [-0.05, 0) is 37.9 Å². The molecule has 0 saturated carbocycles. The molecule has 2 rings (SSSR count). The number of allylic oxidation sites excluding steroid dienone is 1. The Kier molecular flexibility index (Phi) is 5.91. The molecule has 2 amide bonds. The lowest BCUT2D eigenvalue weighted by molar-refractivity contribution is -0.124. The molecule has 7 nitrogen and oxygen atoms in total. The van der Waals surface area contributed by atoms with E-state index in [4.69, 9.17) is 0 Å². The third-order valence-corrected chi connectivity index (χ3v) is 4.66. The molecular weight excluding hydrogens is 330 g/mol. The summed E-state index contributed by atoms with van der Waals surface area (Å²) in [7, 11) is 3.61. The number of nitrogens with one attached hydrogen (secondary N) is 2. The van der Waals surface area contributed by atoms with Crippen LogP contribution in [0.25, 0.3) is 5.57 Å². The minimum absolute atomic E-state index is 0.214.